The summed E-state index contributed by atoms with van der Waals surface area (Å²) >= 11 is 14.0. The quantitative estimate of drug-likeness (QED) is 0.189. The van der Waals surface area contributed by atoms with E-state index in [0.717, 1.165) is 30.7 Å². The Labute approximate surface area is 176 Å². The van der Waals surface area contributed by atoms with Crippen LogP contribution in [-0.2, 0) is 0 Å². The lowest BCUT2D eigenvalue weighted by atomic mass is 10.1. The molecule has 0 unspecified atom stereocenters. The first-order valence-electron chi connectivity index (χ1n) is 6.41. The fourth-order valence-electron chi connectivity index (χ4n) is 2.48. The van der Waals surface area contributed by atoms with Crippen molar-refractivity contribution in [2.75, 3.05) is 0 Å². The Morgan fingerprint density at radius 3 is 1.58 bits per heavy atom. The summed E-state index contributed by atoms with van der Waals surface area (Å²) in [6.45, 7) is 0. The predicted molar refractivity (Wildman–Crippen MR) is 105 cm³/mol. The number of halogens is 1. The van der Waals surface area contributed by atoms with E-state index >= 15 is 0 Å². The van der Waals surface area contributed by atoms with Crippen molar-refractivity contribution in [2.24, 2.45) is 0 Å². The SMILES string of the molecule is Oc1ccc(O)c2c1SC(=C1C(=S)c3ccccc3C1=S)S2.[CH3-].[I-]. The molecule has 24 heavy (non-hydrogen) atoms. The van der Waals surface area contributed by atoms with Crippen LogP contribution in [0.1, 0.15) is 11.1 Å². The number of thiocarbonyl (C=S) groups is 2. The third-order valence-electron chi connectivity index (χ3n) is 3.53. The van der Waals surface area contributed by atoms with Crippen molar-refractivity contribution in [1.82, 2.24) is 0 Å². The summed E-state index contributed by atoms with van der Waals surface area (Å²) in [7, 11) is 0. The monoisotopic (exact) mass is 502 g/mol. The summed E-state index contributed by atoms with van der Waals surface area (Å²) in [5.74, 6) is 0.321. The number of hydrogen-bond donors (Lipinski definition) is 2. The topological polar surface area (TPSA) is 40.5 Å². The number of aromatic hydroxyl groups is 2. The van der Waals surface area contributed by atoms with Crippen LogP contribution in [-0.4, -0.2) is 19.9 Å². The van der Waals surface area contributed by atoms with E-state index in [1.54, 1.807) is 0 Å². The van der Waals surface area contributed by atoms with Crippen molar-refractivity contribution in [3.05, 3.63) is 64.8 Å². The Balaban J connectivity index is 0.00000104. The maximum Gasteiger partial charge on any atom is 0.130 e. The van der Waals surface area contributed by atoms with Crippen LogP contribution in [0.3, 0.4) is 0 Å². The number of benzene rings is 2. The molecule has 0 saturated heterocycles. The second kappa shape index (κ2) is 7.33. The van der Waals surface area contributed by atoms with Gasteiger partial charge in [0.2, 0.25) is 0 Å². The molecule has 2 aromatic carbocycles. The molecule has 0 aromatic heterocycles. The minimum absolute atomic E-state index is 0. The summed E-state index contributed by atoms with van der Waals surface area (Å²) in [6.07, 6.45) is 0. The van der Waals surface area contributed by atoms with Crippen molar-refractivity contribution in [3.63, 3.8) is 0 Å². The van der Waals surface area contributed by atoms with Crippen molar-refractivity contribution in [2.45, 2.75) is 9.79 Å². The molecule has 0 spiro atoms. The number of allylic oxidation sites excluding steroid dienone is 1. The average molecular weight is 502 g/mol. The zero-order valence-corrected chi connectivity index (χ0v) is 17.8. The third kappa shape index (κ3) is 2.90. The molecular formula is C17H11IO2S4-2. The van der Waals surface area contributed by atoms with Gasteiger partial charge in [-0.25, -0.2) is 0 Å². The summed E-state index contributed by atoms with van der Waals surface area (Å²) in [5.41, 5.74) is 2.82. The zero-order chi connectivity index (χ0) is 15.4. The molecule has 1 aliphatic heterocycles. The molecule has 0 bridgehead atoms. The van der Waals surface area contributed by atoms with Gasteiger partial charge < -0.3 is 41.6 Å². The minimum Gasteiger partial charge on any atom is -1.00 e. The molecule has 0 atom stereocenters. The van der Waals surface area contributed by atoms with E-state index < -0.39 is 0 Å². The highest BCUT2D eigenvalue weighted by atomic mass is 127. The molecule has 0 radical (unpaired) electrons. The normalized spacial score (nSPS) is 14.8. The molecule has 2 nitrogen and oxygen atoms in total. The molecule has 0 fully saturated rings. The zero-order valence-electron chi connectivity index (χ0n) is 12.4. The maximum absolute atomic E-state index is 9.99. The highest BCUT2D eigenvalue weighted by Crippen LogP contribution is 2.59. The molecule has 2 aromatic rings. The van der Waals surface area contributed by atoms with Gasteiger partial charge >= 0.3 is 0 Å². The smallest absolute Gasteiger partial charge is 0.130 e. The highest BCUT2D eigenvalue weighted by Gasteiger charge is 2.34. The molecule has 7 heteroatoms. The number of thioether (sulfide) groups is 2. The first-order valence-corrected chi connectivity index (χ1v) is 8.86. The van der Waals surface area contributed by atoms with Crippen molar-refractivity contribution < 1.29 is 34.2 Å². The fourth-order valence-corrected chi connectivity index (χ4v) is 6.21. The second-order valence-electron chi connectivity index (χ2n) is 4.83. The van der Waals surface area contributed by atoms with Crippen LogP contribution >= 0.6 is 48.0 Å². The lowest BCUT2D eigenvalue weighted by Gasteiger charge is -2.02. The van der Waals surface area contributed by atoms with Gasteiger partial charge in [0.15, 0.2) is 0 Å². The van der Waals surface area contributed by atoms with Crippen molar-refractivity contribution >= 4 is 57.7 Å². The molecular weight excluding hydrogens is 491 g/mol. The summed E-state index contributed by atoms with van der Waals surface area (Å²) < 4.78 is 0.915. The Bertz CT molecular complexity index is 835. The molecule has 0 amide bonds. The van der Waals surface area contributed by atoms with E-state index in [1.165, 1.54) is 35.7 Å². The molecule has 1 heterocycles. The summed E-state index contributed by atoms with van der Waals surface area (Å²) in [4.78, 5) is 2.80. The van der Waals surface area contributed by atoms with Crippen LogP contribution in [0, 0.1) is 7.43 Å². The number of phenols is 2. The van der Waals surface area contributed by atoms with Gasteiger partial charge in [0, 0.05) is 16.7 Å². The minimum atomic E-state index is 0. The van der Waals surface area contributed by atoms with E-state index in [1.807, 2.05) is 24.3 Å². The Hall–Kier alpha value is -0.610. The molecule has 1 aliphatic carbocycles. The number of fused-ring (bicyclic) bond motifs is 2. The van der Waals surface area contributed by atoms with Crippen molar-refractivity contribution in [1.29, 1.82) is 0 Å². The van der Waals surface area contributed by atoms with E-state index in [9.17, 15) is 10.2 Å². The van der Waals surface area contributed by atoms with Crippen LogP contribution in [0.25, 0.3) is 0 Å². The van der Waals surface area contributed by atoms with E-state index in [-0.39, 0.29) is 42.9 Å². The summed E-state index contributed by atoms with van der Waals surface area (Å²) in [5, 5.41) is 20.0. The maximum atomic E-state index is 9.99. The van der Waals surface area contributed by atoms with Crippen LogP contribution in [0.5, 0.6) is 11.5 Å². The second-order valence-corrected chi connectivity index (χ2v) is 7.95. The van der Waals surface area contributed by atoms with Crippen LogP contribution in [0.4, 0.5) is 0 Å². The van der Waals surface area contributed by atoms with Gasteiger partial charge in [-0.3, -0.25) is 0 Å². The van der Waals surface area contributed by atoms with E-state index in [4.69, 9.17) is 24.4 Å². The lowest BCUT2D eigenvalue weighted by Crippen LogP contribution is -3.00. The standard InChI is InChI=1S/C16H8O2S4.CH3.HI/c17-9-5-6-10(18)15-14(9)21-16(22-15)11-12(19)7-3-1-2-4-8(7)13(11)20;;/h1-6,17-18H;1H3;1H/q;-1;/p-1. The molecule has 0 saturated carbocycles. The molecule has 124 valence electrons. The number of hydrogen-bond acceptors (Lipinski definition) is 6. The largest absolute Gasteiger partial charge is 1.00 e. The predicted octanol–water partition coefficient (Wildman–Crippen LogP) is 2.11. The van der Waals surface area contributed by atoms with Crippen LogP contribution < -0.4 is 24.0 Å². The van der Waals surface area contributed by atoms with Gasteiger partial charge in [-0.1, -0.05) is 72.2 Å². The first kappa shape index (κ1) is 19.7. The lowest BCUT2D eigenvalue weighted by molar-refractivity contribution is -0.00000620. The average Bonchev–Trinajstić information content (AvgIpc) is 3.06. The van der Waals surface area contributed by atoms with Crippen LogP contribution in [0.15, 0.2) is 56.0 Å². The molecule has 2 aliphatic rings. The first-order chi connectivity index (χ1) is 10.6. The Morgan fingerprint density at radius 2 is 1.17 bits per heavy atom. The van der Waals surface area contributed by atoms with Crippen LogP contribution in [0.2, 0.25) is 0 Å². The van der Waals surface area contributed by atoms with E-state index in [0.29, 0.717) is 9.79 Å². The molecule has 4 rings (SSSR count). The summed E-state index contributed by atoms with van der Waals surface area (Å²) in [6, 6.07) is 10.8. The Kier molecular flexibility index (Phi) is 6.02. The highest BCUT2D eigenvalue weighted by molar-refractivity contribution is 8.25. The van der Waals surface area contributed by atoms with Crippen molar-refractivity contribution in [3.8, 4) is 11.5 Å². The van der Waals surface area contributed by atoms with Gasteiger partial charge in [0.05, 0.1) is 23.8 Å². The third-order valence-corrected chi connectivity index (χ3v) is 7.03. The van der Waals surface area contributed by atoms with Gasteiger partial charge in [0.1, 0.15) is 11.5 Å². The Morgan fingerprint density at radius 1 is 0.750 bits per heavy atom. The molecule has 2 N–H and O–H groups in total. The number of phenolic OH excluding ortho intramolecular Hbond substituents is 2. The van der Waals surface area contributed by atoms with Gasteiger partial charge in [-0.05, 0) is 12.1 Å². The van der Waals surface area contributed by atoms with Gasteiger partial charge in [-0.15, -0.1) is 0 Å². The van der Waals surface area contributed by atoms with Gasteiger partial charge in [0.25, 0.3) is 0 Å². The number of rotatable bonds is 0. The fraction of sp³-hybridized carbons (Fsp3) is 0. The van der Waals surface area contributed by atoms with Gasteiger partial charge in [-0.2, -0.15) is 0 Å². The van der Waals surface area contributed by atoms with E-state index in [2.05, 4.69) is 0 Å².